The van der Waals surface area contributed by atoms with Crippen LogP contribution in [0, 0.1) is 5.92 Å². The summed E-state index contributed by atoms with van der Waals surface area (Å²) in [4.78, 5) is 30.1. The molecule has 0 heterocycles. The van der Waals surface area contributed by atoms with Gasteiger partial charge in [-0.2, -0.15) is 0 Å². The first-order chi connectivity index (χ1) is 17.0. The number of allylic oxidation sites excluding steroid dienone is 1. The van der Waals surface area contributed by atoms with E-state index < -0.39 is 17.3 Å². The highest BCUT2D eigenvalue weighted by Crippen LogP contribution is 2.53. The van der Waals surface area contributed by atoms with Crippen LogP contribution in [0.5, 0.6) is 17.2 Å². The highest BCUT2D eigenvalue weighted by molar-refractivity contribution is 6.20. The van der Waals surface area contributed by atoms with E-state index in [1.54, 1.807) is 25.1 Å². The fourth-order valence-corrected chi connectivity index (χ4v) is 5.50. The van der Waals surface area contributed by atoms with Gasteiger partial charge in [-0.3, -0.25) is 9.59 Å². The van der Waals surface area contributed by atoms with Crippen molar-refractivity contribution < 1.29 is 29.6 Å². The number of ether oxygens (including phenoxy) is 1. The van der Waals surface area contributed by atoms with Gasteiger partial charge in [0.05, 0.1) is 23.4 Å². The van der Waals surface area contributed by atoms with Crippen molar-refractivity contribution in [2.24, 2.45) is 5.92 Å². The summed E-state index contributed by atoms with van der Waals surface area (Å²) in [5, 5.41) is 32.9. The van der Waals surface area contributed by atoms with Crippen molar-refractivity contribution in [3.8, 4) is 17.2 Å². The fourth-order valence-electron chi connectivity index (χ4n) is 5.50. The maximum atomic E-state index is 14.1. The average molecular weight is 495 g/mol. The van der Waals surface area contributed by atoms with Crippen LogP contribution >= 0.6 is 0 Å². The first-order valence-electron chi connectivity index (χ1n) is 12.2. The number of carbonyl (C=O) groups excluding carboxylic acids is 2. The van der Waals surface area contributed by atoms with Crippen molar-refractivity contribution in [3.05, 3.63) is 45.5 Å². The lowest BCUT2D eigenvalue weighted by Crippen LogP contribution is -2.32. The number of unbranched alkanes of at least 4 members (excludes halogenated alkanes) is 1. The Morgan fingerprint density at radius 2 is 1.67 bits per heavy atom. The Morgan fingerprint density at radius 3 is 2.25 bits per heavy atom. The monoisotopic (exact) mass is 494 g/mol. The van der Waals surface area contributed by atoms with Gasteiger partial charge in [0.25, 0.3) is 0 Å². The summed E-state index contributed by atoms with van der Waals surface area (Å²) in [6, 6.07) is 3.45. The van der Waals surface area contributed by atoms with Gasteiger partial charge in [-0.15, -0.1) is 0 Å². The van der Waals surface area contributed by atoms with E-state index in [1.807, 2.05) is 32.0 Å². The number of aromatic hydroxyl groups is 3. The number of phenols is 3. The van der Waals surface area contributed by atoms with Crippen LogP contribution in [0.1, 0.15) is 64.1 Å². The maximum absolute atomic E-state index is 14.1. The van der Waals surface area contributed by atoms with Gasteiger partial charge in [0.2, 0.25) is 0 Å². The van der Waals surface area contributed by atoms with Gasteiger partial charge < -0.3 is 29.9 Å². The molecule has 2 aromatic rings. The van der Waals surface area contributed by atoms with E-state index in [4.69, 9.17) is 4.74 Å². The molecule has 8 heteroatoms. The van der Waals surface area contributed by atoms with Crippen molar-refractivity contribution in [2.75, 3.05) is 44.6 Å². The number of rotatable bonds is 7. The van der Waals surface area contributed by atoms with Gasteiger partial charge in [0.15, 0.2) is 17.3 Å². The number of ketones is 2. The third-order valence-electron chi connectivity index (χ3n) is 7.07. The van der Waals surface area contributed by atoms with Crippen LogP contribution in [-0.4, -0.2) is 61.7 Å². The van der Waals surface area contributed by atoms with E-state index in [1.165, 1.54) is 6.92 Å². The second-order valence-corrected chi connectivity index (χ2v) is 9.96. The first kappa shape index (κ1) is 25.4. The highest BCUT2D eigenvalue weighted by atomic mass is 16.5. The van der Waals surface area contributed by atoms with Gasteiger partial charge in [-0.1, -0.05) is 13.3 Å². The van der Waals surface area contributed by atoms with Gasteiger partial charge in [0, 0.05) is 39.5 Å². The molecule has 0 amide bonds. The van der Waals surface area contributed by atoms with E-state index in [0.29, 0.717) is 47.6 Å². The summed E-state index contributed by atoms with van der Waals surface area (Å²) >= 11 is 0. The smallest absolute Gasteiger partial charge is 0.197 e. The van der Waals surface area contributed by atoms with E-state index in [9.17, 15) is 24.9 Å². The van der Waals surface area contributed by atoms with Crippen molar-refractivity contribution in [3.63, 3.8) is 0 Å². The molecule has 2 aliphatic carbocycles. The van der Waals surface area contributed by atoms with E-state index >= 15 is 0 Å². The molecule has 3 N–H and O–H groups in total. The molecule has 192 valence electrons. The van der Waals surface area contributed by atoms with Crippen LogP contribution in [0.3, 0.4) is 0 Å². The molecule has 2 aliphatic rings. The fraction of sp³-hybridized carbons (Fsp3) is 0.429. The molecule has 0 bridgehead atoms. The van der Waals surface area contributed by atoms with Crippen molar-refractivity contribution >= 4 is 28.7 Å². The zero-order valence-electron chi connectivity index (χ0n) is 21.7. The Hall–Kier alpha value is -3.68. The Morgan fingerprint density at radius 1 is 1.00 bits per heavy atom. The van der Waals surface area contributed by atoms with E-state index in [2.05, 4.69) is 0 Å². The molecule has 0 aromatic heterocycles. The zero-order chi connectivity index (χ0) is 26.5. The first-order valence-corrected chi connectivity index (χ1v) is 12.2. The lowest BCUT2D eigenvalue weighted by molar-refractivity contribution is 0.100. The molecule has 1 atom stereocenters. The second kappa shape index (κ2) is 9.41. The largest absolute Gasteiger partial charge is 0.507 e. The topological polar surface area (TPSA) is 111 Å². The number of carbonyl (C=O) groups is 2. The standard InChI is InChI=1S/C28H34N2O6/c1-7-8-11-36-28-21-15(12-16-18(29(3)4)9-10-19(32)22(16)28)13-17-23(26(21)34)25(33)20(14(2)31)27(35)24(17)30(5)6/h9-10,15,32-33,35H,7-8,11-13H2,1-6H3. The van der Waals surface area contributed by atoms with Crippen LogP contribution in [0.4, 0.5) is 11.4 Å². The van der Waals surface area contributed by atoms with E-state index in [0.717, 1.165) is 24.1 Å². The SMILES string of the molecule is CCCCOC1=C2C(=O)c3c(O)c(C(C)=O)c(O)c(N(C)C)c3CC2Cc2c(N(C)C)ccc(O)c21. The Balaban J connectivity index is 2.05. The van der Waals surface area contributed by atoms with Crippen LogP contribution in [0.2, 0.25) is 0 Å². The summed E-state index contributed by atoms with van der Waals surface area (Å²) < 4.78 is 6.21. The van der Waals surface area contributed by atoms with Crippen molar-refractivity contribution in [2.45, 2.75) is 39.5 Å². The molecule has 0 saturated carbocycles. The summed E-state index contributed by atoms with van der Waals surface area (Å²) in [7, 11) is 7.30. The molecule has 0 radical (unpaired) electrons. The third kappa shape index (κ3) is 3.85. The average Bonchev–Trinajstić information content (AvgIpc) is 2.77. The maximum Gasteiger partial charge on any atom is 0.197 e. The van der Waals surface area contributed by atoms with Gasteiger partial charge in [-0.05, 0) is 55.4 Å². The van der Waals surface area contributed by atoms with Crippen molar-refractivity contribution in [1.29, 1.82) is 0 Å². The van der Waals surface area contributed by atoms with Crippen LogP contribution < -0.4 is 9.80 Å². The van der Waals surface area contributed by atoms with Crippen LogP contribution in [0.15, 0.2) is 17.7 Å². The number of hydrogen-bond acceptors (Lipinski definition) is 8. The lowest BCUT2D eigenvalue weighted by atomic mass is 9.70. The number of hydrogen-bond donors (Lipinski definition) is 3. The number of benzene rings is 2. The number of nitrogens with zero attached hydrogens (tertiary/aromatic N) is 2. The number of phenolic OH excluding ortho intramolecular Hbond substituents is 3. The predicted octanol–water partition coefficient (Wildman–Crippen LogP) is 4.28. The highest BCUT2D eigenvalue weighted by Gasteiger charge is 2.44. The van der Waals surface area contributed by atoms with Crippen LogP contribution in [0.25, 0.3) is 5.76 Å². The van der Waals surface area contributed by atoms with Gasteiger partial charge >= 0.3 is 0 Å². The quantitative estimate of drug-likeness (QED) is 0.387. The molecule has 0 fully saturated rings. The number of fused-ring (bicyclic) bond motifs is 3. The van der Waals surface area contributed by atoms with E-state index in [-0.39, 0.29) is 28.5 Å². The molecule has 8 nitrogen and oxygen atoms in total. The molecular weight excluding hydrogens is 460 g/mol. The molecule has 36 heavy (non-hydrogen) atoms. The summed E-state index contributed by atoms with van der Waals surface area (Å²) in [6.45, 7) is 3.66. The number of anilines is 2. The zero-order valence-corrected chi connectivity index (χ0v) is 21.7. The Labute approximate surface area is 211 Å². The van der Waals surface area contributed by atoms with Gasteiger partial charge in [-0.25, -0.2) is 0 Å². The predicted molar refractivity (Wildman–Crippen MR) is 140 cm³/mol. The van der Waals surface area contributed by atoms with Crippen LogP contribution in [-0.2, 0) is 17.6 Å². The van der Waals surface area contributed by atoms with Crippen molar-refractivity contribution in [1.82, 2.24) is 0 Å². The second-order valence-electron chi connectivity index (χ2n) is 9.96. The molecular formula is C28H34N2O6. The normalized spacial score (nSPS) is 16.3. The molecule has 4 rings (SSSR count). The molecule has 0 aliphatic heterocycles. The Kier molecular flexibility index (Phi) is 6.64. The number of Topliss-reactive ketones (excluding diaryl/α,β-unsaturated/α-hetero) is 2. The molecule has 0 saturated heterocycles. The third-order valence-corrected chi connectivity index (χ3v) is 7.07. The molecule has 2 aromatic carbocycles. The lowest BCUT2D eigenvalue weighted by Gasteiger charge is -2.37. The van der Waals surface area contributed by atoms with Gasteiger partial charge in [0.1, 0.15) is 22.8 Å². The minimum absolute atomic E-state index is 0.0104. The minimum atomic E-state index is -0.540. The molecule has 0 spiro atoms. The molecule has 1 unspecified atom stereocenters. The summed E-state index contributed by atoms with van der Waals surface area (Å²) in [6.07, 6.45) is 2.49. The Bertz CT molecular complexity index is 1290. The summed E-state index contributed by atoms with van der Waals surface area (Å²) in [5.41, 5.74) is 3.28. The summed E-state index contributed by atoms with van der Waals surface area (Å²) in [5.74, 6) is -1.77. The minimum Gasteiger partial charge on any atom is -0.507 e.